The van der Waals surface area contributed by atoms with Crippen molar-refractivity contribution < 1.29 is 4.79 Å². The molecule has 5 nitrogen and oxygen atoms in total. The maximum absolute atomic E-state index is 12.1. The Morgan fingerprint density at radius 1 is 1.50 bits per heavy atom. The Bertz CT molecular complexity index is 596. The lowest BCUT2D eigenvalue weighted by Gasteiger charge is -2.21. The molecule has 2 rings (SSSR count). The van der Waals surface area contributed by atoms with Crippen molar-refractivity contribution in [1.82, 2.24) is 8.75 Å². The van der Waals surface area contributed by atoms with E-state index in [1.807, 2.05) is 0 Å². The third-order valence-electron chi connectivity index (χ3n) is 2.74. The van der Waals surface area contributed by atoms with E-state index in [-0.39, 0.29) is 12.5 Å². The Hall–Kier alpha value is -1.24. The van der Waals surface area contributed by atoms with Gasteiger partial charge in [0.15, 0.2) is 0 Å². The molecule has 0 atom stereocenters. The first-order chi connectivity index (χ1) is 8.45. The summed E-state index contributed by atoms with van der Waals surface area (Å²) in [7, 11) is 0. The summed E-state index contributed by atoms with van der Waals surface area (Å²) in [6.45, 7) is 3.80. The van der Waals surface area contributed by atoms with Crippen LogP contribution < -0.4 is 11.1 Å². The van der Waals surface area contributed by atoms with Crippen LogP contribution in [0.1, 0.15) is 13.8 Å². The van der Waals surface area contributed by atoms with E-state index in [1.54, 1.807) is 26.0 Å². The van der Waals surface area contributed by atoms with Crippen LogP contribution in [0.3, 0.4) is 0 Å². The number of amides is 1. The number of fused-ring (bicyclic) bond motifs is 1. The first-order valence-corrected chi connectivity index (χ1v) is 6.49. The Labute approximate surface area is 114 Å². The molecule has 18 heavy (non-hydrogen) atoms. The molecule has 0 aliphatic rings. The van der Waals surface area contributed by atoms with Gasteiger partial charge in [0.05, 0.1) is 27.9 Å². The lowest BCUT2D eigenvalue weighted by molar-refractivity contribution is -0.123. The third kappa shape index (κ3) is 2.31. The lowest BCUT2D eigenvalue weighted by atomic mass is 9.92. The summed E-state index contributed by atoms with van der Waals surface area (Å²) in [5, 5.41) is 3.22. The Morgan fingerprint density at radius 2 is 2.22 bits per heavy atom. The Morgan fingerprint density at radius 3 is 2.89 bits per heavy atom. The summed E-state index contributed by atoms with van der Waals surface area (Å²) in [4.78, 5) is 12.1. The van der Waals surface area contributed by atoms with E-state index in [1.165, 1.54) is 0 Å². The van der Waals surface area contributed by atoms with Crippen LogP contribution in [0.2, 0.25) is 5.02 Å². The van der Waals surface area contributed by atoms with E-state index in [4.69, 9.17) is 17.3 Å². The molecular weight excluding hydrogens is 272 g/mol. The molecule has 0 saturated heterocycles. The zero-order chi connectivity index (χ0) is 13.3. The smallest absolute Gasteiger partial charge is 0.231 e. The summed E-state index contributed by atoms with van der Waals surface area (Å²) >= 11 is 7.17. The summed E-state index contributed by atoms with van der Waals surface area (Å²) < 4.78 is 8.25. The van der Waals surface area contributed by atoms with E-state index in [0.717, 1.165) is 11.7 Å². The van der Waals surface area contributed by atoms with E-state index in [0.29, 0.717) is 21.7 Å². The van der Waals surface area contributed by atoms with Crippen LogP contribution in [0.25, 0.3) is 11.0 Å². The quantitative estimate of drug-likeness (QED) is 0.906. The van der Waals surface area contributed by atoms with Gasteiger partial charge in [-0.3, -0.25) is 4.79 Å². The van der Waals surface area contributed by atoms with E-state index >= 15 is 0 Å². The number of nitrogens with zero attached hydrogens (tertiary/aromatic N) is 2. The molecule has 0 aliphatic carbocycles. The second-order valence-corrected chi connectivity index (χ2v) is 5.53. The van der Waals surface area contributed by atoms with Crippen LogP contribution in [0.4, 0.5) is 5.69 Å². The Kier molecular flexibility index (Phi) is 3.52. The molecular formula is C11H13ClN4OS. The van der Waals surface area contributed by atoms with Crippen LogP contribution >= 0.6 is 23.3 Å². The van der Waals surface area contributed by atoms with Crippen molar-refractivity contribution in [3.05, 3.63) is 17.2 Å². The van der Waals surface area contributed by atoms with Gasteiger partial charge in [0.1, 0.15) is 11.0 Å². The fraction of sp³-hybridized carbons (Fsp3) is 0.364. The van der Waals surface area contributed by atoms with Gasteiger partial charge in [-0.15, -0.1) is 0 Å². The zero-order valence-corrected chi connectivity index (χ0v) is 11.6. The molecule has 0 saturated carbocycles. The number of nitrogens with two attached hydrogens (primary N) is 1. The highest BCUT2D eigenvalue weighted by Crippen LogP contribution is 2.31. The third-order valence-corrected chi connectivity index (χ3v) is 3.60. The number of benzene rings is 1. The number of hydrogen-bond acceptors (Lipinski definition) is 5. The molecule has 1 aromatic heterocycles. The number of anilines is 1. The van der Waals surface area contributed by atoms with Gasteiger partial charge in [-0.25, -0.2) is 0 Å². The maximum Gasteiger partial charge on any atom is 0.231 e. The lowest BCUT2D eigenvalue weighted by Crippen LogP contribution is -2.37. The summed E-state index contributed by atoms with van der Waals surface area (Å²) in [6, 6.07) is 3.46. The van der Waals surface area contributed by atoms with E-state index < -0.39 is 5.41 Å². The second-order valence-electron chi connectivity index (χ2n) is 4.60. The van der Waals surface area contributed by atoms with Gasteiger partial charge in [-0.2, -0.15) is 8.75 Å². The zero-order valence-electron chi connectivity index (χ0n) is 10.0. The fourth-order valence-electron chi connectivity index (χ4n) is 1.32. The number of carbonyl (C=O) groups is 1. The average Bonchev–Trinajstić information content (AvgIpc) is 2.81. The van der Waals surface area contributed by atoms with Crippen molar-refractivity contribution in [2.75, 3.05) is 11.9 Å². The highest BCUT2D eigenvalue weighted by molar-refractivity contribution is 7.00. The predicted octanol–water partition coefficient (Wildman–Crippen LogP) is 2.27. The summed E-state index contributed by atoms with van der Waals surface area (Å²) in [5.41, 5.74) is 6.73. The number of rotatable bonds is 3. The molecule has 96 valence electrons. The first-order valence-electron chi connectivity index (χ1n) is 5.38. The summed E-state index contributed by atoms with van der Waals surface area (Å²) in [6.07, 6.45) is 0. The number of nitrogens with one attached hydrogen (secondary N) is 1. The summed E-state index contributed by atoms with van der Waals surface area (Å²) in [5.74, 6) is -0.188. The van der Waals surface area contributed by atoms with Crippen molar-refractivity contribution in [3.8, 4) is 0 Å². The topological polar surface area (TPSA) is 80.9 Å². The normalized spacial score (nSPS) is 11.8. The molecule has 0 bridgehead atoms. The molecule has 0 radical (unpaired) electrons. The SMILES string of the molecule is CC(C)(CN)C(=O)Nc1c(Cl)ccc2nsnc12. The van der Waals surface area contributed by atoms with E-state index in [2.05, 4.69) is 14.1 Å². The Balaban J connectivity index is 2.40. The average molecular weight is 285 g/mol. The minimum Gasteiger partial charge on any atom is -0.329 e. The molecule has 7 heteroatoms. The number of carbonyl (C=O) groups excluding carboxylic acids is 1. The minimum atomic E-state index is -0.658. The highest BCUT2D eigenvalue weighted by atomic mass is 35.5. The standard InChI is InChI=1S/C11H13ClN4OS/c1-11(2,5-13)10(17)14-8-6(12)3-4-7-9(8)16-18-15-7/h3-4H,5,13H2,1-2H3,(H,14,17). The van der Waals surface area contributed by atoms with Crippen LogP contribution in [0.5, 0.6) is 0 Å². The molecule has 3 N–H and O–H groups in total. The van der Waals surface area contributed by atoms with E-state index in [9.17, 15) is 4.79 Å². The van der Waals surface area contributed by atoms with Gasteiger partial charge in [0.25, 0.3) is 0 Å². The van der Waals surface area contributed by atoms with Crippen molar-refractivity contribution in [2.24, 2.45) is 11.1 Å². The molecule has 2 aromatic rings. The van der Waals surface area contributed by atoms with Crippen molar-refractivity contribution in [2.45, 2.75) is 13.8 Å². The number of hydrogen-bond donors (Lipinski definition) is 2. The highest BCUT2D eigenvalue weighted by Gasteiger charge is 2.27. The van der Waals surface area contributed by atoms with Crippen molar-refractivity contribution in [3.63, 3.8) is 0 Å². The van der Waals surface area contributed by atoms with Gasteiger partial charge < -0.3 is 11.1 Å². The van der Waals surface area contributed by atoms with Gasteiger partial charge >= 0.3 is 0 Å². The maximum atomic E-state index is 12.1. The van der Waals surface area contributed by atoms with Crippen LogP contribution in [0.15, 0.2) is 12.1 Å². The number of halogens is 1. The monoisotopic (exact) mass is 284 g/mol. The largest absolute Gasteiger partial charge is 0.329 e. The van der Waals surface area contributed by atoms with Gasteiger partial charge in [0.2, 0.25) is 5.91 Å². The number of aromatic nitrogens is 2. The van der Waals surface area contributed by atoms with Gasteiger partial charge in [-0.1, -0.05) is 11.6 Å². The fourth-order valence-corrected chi connectivity index (χ4v) is 2.06. The molecule has 0 aliphatic heterocycles. The van der Waals surface area contributed by atoms with Crippen LogP contribution in [0, 0.1) is 5.41 Å². The van der Waals surface area contributed by atoms with Crippen LogP contribution in [-0.2, 0) is 4.79 Å². The second kappa shape index (κ2) is 4.79. The molecule has 0 spiro atoms. The predicted molar refractivity (Wildman–Crippen MR) is 73.9 cm³/mol. The molecule has 1 amide bonds. The first kappa shape index (κ1) is 13.2. The minimum absolute atomic E-state index is 0.188. The molecule has 1 aromatic carbocycles. The molecule has 0 fully saturated rings. The van der Waals surface area contributed by atoms with Gasteiger partial charge in [0, 0.05) is 6.54 Å². The van der Waals surface area contributed by atoms with Crippen molar-refractivity contribution in [1.29, 1.82) is 0 Å². The van der Waals surface area contributed by atoms with Crippen molar-refractivity contribution >= 4 is 46.0 Å². The van der Waals surface area contributed by atoms with Crippen LogP contribution in [-0.4, -0.2) is 21.2 Å². The molecule has 1 heterocycles. The molecule has 0 unspecified atom stereocenters. The van der Waals surface area contributed by atoms with Gasteiger partial charge in [-0.05, 0) is 26.0 Å².